The summed E-state index contributed by atoms with van der Waals surface area (Å²) < 4.78 is 24.1. The maximum Gasteiger partial charge on any atom is 0.247 e. The van der Waals surface area contributed by atoms with Crippen molar-refractivity contribution in [2.75, 3.05) is 13.2 Å². The minimum atomic E-state index is -0.451. The molecule has 2 N–H and O–H groups in total. The summed E-state index contributed by atoms with van der Waals surface area (Å²) in [5.41, 5.74) is 5.90. The molecule has 0 bridgehead atoms. The number of hydrogen-bond donors (Lipinski definition) is 1. The smallest absolute Gasteiger partial charge is 0.247 e. The van der Waals surface area contributed by atoms with Crippen molar-refractivity contribution in [3.63, 3.8) is 0 Å². The molecule has 18 heavy (non-hydrogen) atoms. The fourth-order valence-electron chi connectivity index (χ4n) is 1.50. The molecule has 96 valence electrons. The van der Waals surface area contributed by atoms with Crippen LogP contribution in [0, 0.1) is 5.82 Å². The van der Waals surface area contributed by atoms with Crippen molar-refractivity contribution < 1.29 is 13.5 Å². The van der Waals surface area contributed by atoms with E-state index in [0.717, 1.165) is 0 Å². The summed E-state index contributed by atoms with van der Waals surface area (Å²) in [6.07, 6.45) is 0.506. The Morgan fingerprint density at radius 3 is 2.89 bits per heavy atom. The molecule has 0 fully saturated rings. The van der Waals surface area contributed by atoms with Gasteiger partial charge in [-0.05, 0) is 25.1 Å². The van der Waals surface area contributed by atoms with Crippen molar-refractivity contribution in [3.05, 3.63) is 29.9 Å². The van der Waals surface area contributed by atoms with E-state index in [2.05, 4.69) is 10.2 Å². The van der Waals surface area contributed by atoms with Gasteiger partial charge in [-0.3, -0.25) is 0 Å². The van der Waals surface area contributed by atoms with Crippen LogP contribution in [0.25, 0.3) is 11.5 Å². The Morgan fingerprint density at radius 1 is 1.39 bits per heavy atom. The maximum absolute atomic E-state index is 13.6. The van der Waals surface area contributed by atoms with Crippen LogP contribution in [0.1, 0.15) is 12.8 Å². The summed E-state index contributed by atoms with van der Waals surface area (Å²) in [5.74, 6) is 0.484. The molecule has 0 saturated carbocycles. The third-order valence-electron chi connectivity index (χ3n) is 2.30. The minimum Gasteiger partial charge on any atom is -0.491 e. The lowest BCUT2D eigenvalue weighted by molar-refractivity contribution is 0.321. The predicted molar refractivity (Wildman–Crippen MR) is 63.6 cm³/mol. The molecule has 0 amide bonds. The molecular weight excluding hydrogens is 237 g/mol. The number of ether oxygens (including phenoxy) is 1. The van der Waals surface area contributed by atoms with E-state index in [1.165, 1.54) is 6.07 Å². The number of aromatic nitrogens is 2. The average molecular weight is 251 g/mol. The van der Waals surface area contributed by atoms with E-state index in [4.69, 9.17) is 14.9 Å². The molecular formula is C12H14FN3O2. The summed E-state index contributed by atoms with van der Waals surface area (Å²) >= 11 is 0. The molecule has 1 heterocycles. The summed E-state index contributed by atoms with van der Waals surface area (Å²) in [4.78, 5) is 0. The highest BCUT2D eigenvalue weighted by atomic mass is 19.1. The largest absolute Gasteiger partial charge is 0.491 e. The molecule has 5 nitrogen and oxygen atoms in total. The standard InChI is InChI=1S/C12H14FN3O2/c1-2-17-10-4-3-8(7-9(10)13)12-16-15-11(18-12)5-6-14/h3-4,7H,2,5-6,14H2,1H3. The van der Waals surface area contributed by atoms with E-state index in [9.17, 15) is 4.39 Å². The van der Waals surface area contributed by atoms with Crippen LogP contribution in [0.4, 0.5) is 4.39 Å². The van der Waals surface area contributed by atoms with E-state index in [1.54, 1.807) is 19.1 Å². The Balaban J connectivity index is 2.24. The molecule has 0 spiro atoms. The summed E-state index contributed by atoms with van der Waals surface area (Å²) in [6.45, 7) is 2.64. The first-order chi connectivity index (χ1) is 8.74. The van der Waals surface area contributed by atoms with Crippen LogP contribution in [-0.2, 0) is 6.42 Å². The Hall–Kier alpha value is -1.95. The summed E-state index contributed by atoms with van der Waals surface area (Å²) in [6, 6.07) is 4.53. The third-order valence-corrected chi connectivity index (χ3v) is 2.30. The van der Waals surface area contributed by atoms with Crippen molar-refractivity contribution in [1.29, 1.82) is 0 Å². The van der Waals surface area contributed by atoms with Crippen LogP contribution in [0.5, 0.6) is 5.75 Å². The Bertz CT molecular complexity index is 528. The number of halogens is 1. The first-order valence-corrected chi connectivity index (χ1v) is 5.69. The first-order valence-electron chi connectivity index (χ1n) is 5.69. The molecule has 0 radical (unpaired) electrons. The molecule has 0 aliphatic rings. The van der Waals surface area contributed by atoms with Crippen LogP contribution in [-0.4, -0.2) is 23.3 Å². The Labute approximate surface area is 104 Å². The molecule has 0 unspecified atom stereocenters. The van der Waals surface area contributed by atoms with Gasteiger partial charge in [0.2, 0.25) is 11.8 Å². The van der Waals surface area contributed by atoms with E-state index in [-0.39, 0.29) is 11.6 Å². The van der Waals surface area contributed by atoms with Crippen LogP contribution in [0.2, 0.25) is 0 Å². The maximum atomic E-state index is 13.6. The van der Waals surface area contributed by atoms with Crippen LogP contribution in [0.15, 0.2) is 22.6 Å². The Kier molecular flexibility index (Phi) is 3.88. The molecule has 0 atom stereocenters. The lowest BCUT2D eigenvalue weighted by atomic mass is 10.2. The SMILES string of the molecule is CCOc1ccc(-c2nnc(CCN)o2)cc1F. The van der Waals surface area contributed by atoms with Crippen LogP contribution in [0.3, 0.4) is 0 Å². The van der Waals surface area contributed by atoms with Gasteiger partial charge in [-0.15, -0.1) is 10.2 Å². The number of nitrogens with two attached hydrogens (primary N) is 1. The number of rotatable bonds is 5. The fourth-order valence-corrected chi connectivity index (χ4v) is 1.50. The van der Waals surface area contributed by atoms with Gasteiger partial charge in [0.15, 0.2) is 11.6 Å². The zero-order chi connectivity index (χ0) is 13.0. The van der Waals surface area contributed by atoms with Gasteiger partial charge >= 0.3 is 0 Å². The van der Waals surface area contributed by atoms with Crippen LogP contribution >= 0.6 is 0 Å². The molecule has 1 aromatic heterocycles. The van der Waals surface area contributed by atoms with Crippen molar-refractivity contribution in [2.45, 2.75) is 13.3 Å². The highest BCUT2D eigenvalue weighted by molar-refractivity contribution is 5.54. The molecule has 0 aliphatic heterocycles. The van der Waals surface area contributed by atoms with Crippen molar-refractivity contribution >= 4 is 0 Å². The van der Waals surface area contributed by atoms with Gasteiger partial charge in [-0.25, -0.2) is 4.39 Å². The lowest BCUT2D eigenvalue weighted by Crippen LogP contribution is -2.02. The average Bonchev–Trinajstić information content (AvgIpc) is 2.81. The highest BCUT2D eigenvalue weighted by Crippen LogP contribution is 2.24. The second kappa shape index (κ2) is 5.59. The summed E-state index contributed by atoms with van der Waals surface area (Å²) in [7, 11) is 0. The Morgan fingerprint density at radius 2 is 2.22 bits per heavy atom. The van der Waals surface area contributed by atoms with E-state index in [1.807, 2.05) is 0 Å². The monoisotopic (exact) mass is 251 g/mol. The van der Waals surface area contributed by atoms with Gasteiger partial charge in [-0.2, -0.15) is 0 Å². The molecule has 2 aromatic rings. The molecule has 6 heteroatoms. The van der Waals surface area contributed by atoms with Gasteiger partial charge in [-0.1, -0.05) is 0 Å². The third kappa shape index (κ3) is 2.65. The molecule has 0 saturated heterocycles. The minimum absolute atomic E-state index is 0.211. The summed E-state index contributed by atoms with van der Waals surface area (Å²) in [5, 5.41) is 7.66. The predicted octanol–water partition coefficient (Wildman–Crippen LogP) is 1.78. The zero-order valence-electron chi connectivity index (χ0n) is 10.0. The first kappa shape index (κ1) is 12.5. The highest BCUT2D eigenvalue weighted by Gasteiger charge is 2.11. The molecule has 0 aliphatic carbocycles. The fraction of sp³-hybridized carbons (Fsp3) is 0.333. The van der Waals surface area contributed by atoms with Gasteiger partial charge in [0.05, 0.1) is 6.61 Å². The van der Waals surface area contributed by atoms with Crippen LogP contribution < -0.4 is 10.5 Å². The van der Waals surface area contributed by atoms with Gasteiger partial charge < -0.3 is 14.9 Å². The van der Waals surface area contributed by atoms with Crippen molar-refractivity contribution in [2.24, 2.45) is 5.73 Å². The van der Waals surface area contributed by atoms with Crippen molar-refractivity contribution in [1.82, 2.24) is 10.2 Å². The quantitative estimate of drug-likeness (QED) is 0.876. The number of hydrogen-bond acceptors (Lipinski definition) is 5. The normalized spacial score (nSPS) is 10.6. The zero-order valence-corrected chi connectivity index (χ0v) is 10.0. The van der Waals surface area contributed by atoms with Crippen molar-refractivity contribution in [3.8, 4) is 17.2 Å². The topological polar surface area (TPSA) is 74.2 Å². The number of benzene rings is 1. The van der Waals surface area contributed by atoms with E-state index >= 15 is 0 Å². The number of nitrogens with zero attached hydrogens (tertiary/aromatic N) is 2. The molecule has 2 rings (SSSR count). The van der Waals surface area contributed by atoms with Gasteiger partial charge in [0.25, 0.3) is 0 Å². The lowest BCUT2D eigenvalue weighted by Gasteiger charge is -2.04. The second-order valence-electron chi connectivity index (χ2n) is 3.62. The van der Waals surface area contributed by atoms with Gasteiger partial charge in [0, 0.05) is 18.5 Å². The van der Waals surface area contributed by atoms with E-state index < -0.39 is 5.82 Å². The second-order valence-corrected chi connectivity index (χ2v) is 3.62. The van der Waals surface area contributed by atoms with E-state index in [0.29, 0.717) is 31.0 Å². The molecule has 1 aromatic carbocycles. The van der Waals surface area contributed by atoms with Gasteiger partial charge in [0.1, 0.15) is 0 Å².